The van der Waals surface area contributed by atoms with Crippen molar-refractivity contribution < 1.29 is 18.7 Å². The molecule has 0 saturated carbocycles. The molecule has 0 aliphatic heterocycles. The predicted octanol–water partition coefficient (Wildman–Crippen LogP) is 3.53. The van der Waals surface area contributed by atoms with Gasteiger partial charge in [0.15, 0.2) is 11.6 Å². The van der Waals surface area contributed by atoms with E-state index in [0.717, 1.165) is 6.07 Å². The zero-order chi connectivity index (χ0) is 17.5. The van der Waals surface area contributed by atoms with Crippen molar-refractivity contribution in [1.82, 2.24) is 5.32 Å². The van der Waals surface area contributed by atoms with Crippen LogP contribution in [0.5, 0.6) is 0 Å². The molecule has 0 saturated heterocycles. The average Bonchev–Trinajstić information content (AvgIpc) is 2.56. The third-order valence-electron chi connectivity index (χ3n) is 3.82. The summed E-state index contributed by atoms with van der Waals surface area (Å²) in [4.78, 5) is 12.0. The number of aliphatic hydroxyl groups is 1. The number of benzene rings is 2. The van der Waals surface area contributed by atoms with Crippen LogP contribution in [-0.4, -0.2) is 17.1 Å². The number of aliphatic hydroxyl groups excluding tert-OH is 1. The second-order valence-corrected chi connectivity index (χ2v) is 5.89. The largest absolute Gasteiger partial charge is 0.388 e. The van der Waals surface area contributed by atoms with Crippen LogP contribution in [0.3, 0.4) is 0 Å². The maximum absolute atomic E-state index is 13.1. The number of hydrogen-bond donors (Lipinski definition) is 2. The molecule has 3 nitrogen and oxygen atoms in total. The molecule has 2 aromatic carbocycles. The standard InChI is InChI=1S/C19H21F2NO2/c1-13(7-8-14-9-10-16(20)17(21)11-14)22-19(24)12-18(23)15-5-3-2-4-6-15/h2-6,9-11,13,18,23H,7-8,12H2,1H3,(H,22,24). The summed E-state index contributed by atoms with van der Waals surface area (Å²) in [6.07, 6.45) is 0.266. The Morgan fingerprint density at radius 3 is 2.50 bits per heavy atom. The third-order valence-corrected chi connectivity index (χ3v) is 3.82. The molecule has 2 N–H and O–H groups in total. The van der Waals surface area contributed by atoms with Gasteiger partial charge in [-0.3, -0.25) is 4.79 Å². The molecule has 0 aromatic heterocycles. The molecule has 1 amide bonds. The van der Waals surface area contributed by atoms with Crippen LogP contribution in [0, 0.1) is 11.6 Å². The first-order chi connectivity index (χ1) is 11.5. The molecule has 0 radical (unpaired) electrons. The van der Waals surface area contributed by atoms with Crippen molar-refractivity contribution >= 4 is 5.91 Å². The fourth-order valence-corrected chi connectivity index (χ4v) is 2.45. The second-order valence-electron chi connectivity index (χ2n) is 5.89. The Morgan fingerprint density at radius 2 is 1.83 bits per heavy atom. The molecule has 2 unspecified atom stereocenters. The zero-order valence-electron chi connectivity index (χ0n) is 13.5. The molecule has 0 aliphatic carbocycles. The molecule has 24 heavy (non-hydrogen) atoms. The number of rotatable bonds is 7. The first-order valence-corrected chi connectivity index (χ1v) is 7.92. The lowest BCUT2D eigenvalue weighted by Gasteiger charge is -2.16. The van der Waals surface area contributed by atoms with Gasteiger partial charge in [-0.1, -0.05) is 36.4 Å². The molecular formula is C19H21F2NO2. The van der Waals surface area contributed by atoms with Crippen LogP contribution in [0.2, 0.25) is 0 Å². The van der Waals surface area contributed by atoms with Crippen molar-refractivity contribution in [1.29, 1.82) is 0 Å². The van der Waals surface area contributed by atoms with Gasteiger partial charge in [-0.15, -0.1) is 0 Å². The van der Waals surface area contributed by atoms with Crippen LogP contribution in [0.25, 0.3) is 0 Å². The topological polar surface area (TPSA) is 49.3 Å². The summed E-state index contributed by atoms with van der Waals surface area (Å²) in [5.74, 6) is -1.98. The molecule has 0 aliphatic rings. The number of halogens is 2. The van der Waals surface area contributed by atoms with Gasteiger partial charge in [-0.2, -0.15) is 0 Å². The lowest BCUT2D eigenvalue weighted by atomic mass is 10.0. The molecular weight excluding hydrogens is 312 g/mol. The van der Waals surface area contributed by atoms with Gasteiger partial charge in [0.25, 0.3) is 0 Å². The fourth-order valence-electron chi connectivity index (χ4n) is 2.45. The molecule has 0 spiro atoms. The van der Waals surface area contributed by atoms with Gasteiger partial charge in [-0.25, -0.2) is 8.78 Å². The van der Waals surface area contributed by atoms with Crippen molar-refractivity contribution in [2.45, 2.75) is 38.3 Å². The molecule has 2 aromatic rings. The number of aryl methyl sites for hydroxylation is 1. The minimum atomic E-state index is -0.866. The van der Waals surface area contributed by atoms with Crippen molar-refractivity contribution in [2.24, 2.45) is 0 Å². The van der Waals surface area contributed by atoms with Crippen molar-refractivity contribution in [3.63, 3.8) is 0 Å². The SMILES string of the molecule is CC(CCc1ccc(F)c(F)c1)NC(=O)CC(O)c1ccccc1. The monoisotopic (exact) mass is 333 g/mol. The lowest BCUT2D eigenvalue weighted by Crippen LogP contribution is -2.33. The highest BCUT2D eigenvalue weighted by Crippen LogP contribution is 2.16. The van der Waals surface area contributed by atoms with Crippen LogP contribution < -0.4 is 5.32 Å². The summed E-state index contributed by atoms with van der Waals surface area (Å²) in [6, 6.07) is 12.7. The van der Waals surface area contributed by atoms with Gasteiger partial charge < -0.3 is 10.4 Å². The van der Waals surface area contributed by atoms with E-state index in [1.165, 1.54) is 12.1 Å². The van der Waals surface area contributed by atoms with E-state index in [0.29, 0.717) is 24.0 Å². The van der Waals surface area contributed by atoms with Gasteiger partial charge in [0.1, 0.15) is 0 Å². The van der Waals surface area contributed by atoms with E-state index in [-0.39, 0.29) is 18.4 Å². The smallest absolute Gasteiger partial charge is 0.223 e. The first-order valence-electron chi connectivity index (χ1n) is 7.92. The van der Waals surface area contributed by atoms with Crippen LogP contribution in [0.4, 0.5) is 8.78 Å². The Labute approximate surface area is 140 Å². The zero-order valence-corrected chi connectivity index (χ0v) is 13.5. The Balaban J connectivity index is 1.78. The van der Waals surface area contributed by atoms with Crippen LogP contribution >= 0.6 is 0 Å². The van der Waals surface area contributed by atoms with E-state index in [4.69, 9.17) is 0 Å². The summed E-state index contributed by atoms with van der Waals surface area (Å²) < 4.78 is 26.0. The number of amides is 1. The van der Waals surface area contributed by atoms with E-state index in [1.807, 2.05) is 13.0 Å². The number of carbonyl (C=O) groups excluding carboxylic acids is 1. The highest BCUT2D eigenvalue weighted by atomic mass is 19.2. The molecule has 2 rings (SSSR count). The highest BCUT2D eigenvalue weighted by Gasteiger charge is 2.14. The van der Waals surface area contributed by atoms with Crippen LogP contribution in [-0.2, 0) is 11.2 Å². The fraction of sp³-hybridized carbons (Fsp3) is 0.316. The van der Waals surface area contributed by atoms with E-state index >= 15 is 0 Å². The summed E-state index contributed by atoms with van der Waals surface area (Å²) in [7, 11) is 0. The summed E-state index contributed by atoms with van der Waals surface area (Å²) >= 11 is 0. The van der Waals surface area contributed by atoms with E-state index in [2.05, 4.69) is 5.32 Å². The Morgan fingerprint density at radius 1 is 1.12 bits per heavy atom. The summed E-state index contributed by atoms with van der Waals surface area (Å²) in [5, 5.41) is 12.8. The Kier molecular flexibility index (Phi) is 6.44. The quantitative estimate of drug-likeness (QED) is 0.814. The Bertz CT molecular complexity index is 676. The number of hydrogen-bond acceptors (Lipinski definition) is 2. The van der Waals surface area contributed by atoms with Crippen molar-refractivity contribution in [2.75, 3.05) is 0 Å². The molecule has 2 atom stereocenters. The van der Waals surface area contributed by atoms with Crippen molar-refractivity contribution in [3.8, 4) is 0 Å². The summed E-state index contributed by atoms with van der Waals surface area (Å²) in [5.41, 5.74) is 1.38. The molecule has 128 valence electrons. The second kappa shape index (κ2) is 8.55. The van der Waals surface area contributed by atoms with Crippen LogP contribution in [0.1, 0.15) is 37.0 Å². The molecule has 0 fully saturated rings. The van der Waals surface area contributed by atoms with Gasteiger partial charge in [0.05, 0.1) is 12.5 Å². The minimum absolute atomic E-state index is 0.0144. The van der Waals surface area contributed by atoms with Gasteiger partial charge in [0, 0.05) is 6.04 Å². The maximum Gasteiger partial charge on any atom is 0.223 e. The van der Waals surface area contributed by atoms with Crippen LogP contribution in [0.15, 0.2) is 48.5 Å². The minimum Gasteiger partial charge on any atom is -0.388 e. The normalized spacial score (nSPS) is 13.3. The number of nitrogens with one attached hydrogen (secondary N) is 1. The van der Waals surface area contributed by atoms with Gasteiger partial charge >= 0.3 is 0 Å². The number of carbonyl (C=O) groups is 1. The predicted molar refractivity (Wildman–Crippen MR) is 88.3 cm³/mol. The highest BCUT2D eigenvalue weighted by molar-refractivity contribution is 5.76. The third kappa shape index (κ3) is 5.42. The lowest BCUT2D eigenvalue weighted by molar-refractivity contribution is -0.123. The van der Waals surface area contributed by atoms with E-state index in [9.17, 15) is 18.7 Å². The molecule has 5 heteroatoms. The molecule has 0 heterocycles. The van der Waals surface area contributed by atoms with E-state index in [1.54, 1.807) is 24.3 Å². The van der Waals surface area contributed by atoms with Gasteiger partial charge in [-0.05, 0) is 43.0 Å². The average molecular weight is 333 g/mol. The van der Waals surface area contributed by atoms with E-state index < -0.39 is 17.7 Å². The Hall–Kier alpha value is -2.27. The first kappa shape index (κ1) is 18.1. The molecule has 0 bridgehead atoms. The summed E-state index contributed by atoms with van der Waals surface area (Å²) in [6.45, 7) is 1.84. The maximum atomic E-state index is 13.1. The van der Waals surface area contributed by atoms with Gasteiger partial charge in [0.2, 0.25) is 5.91 Å². The van der Waals surface area contributed by atoms with Crippen molar-refractivity contribution in [3.05, 3.63) is 71.3 Å².